The van der Waals surface area contributed by atoms with Crippen LogP contribution >= 0.6 is 11.3 Å². The smallest absolute Gasteiger partial charge is 0.263 e. The van der Waals surface area contributed by atoms with Gasteiger partial charge in [0, 0.05) is 24.2 Å². The molecule has 2 heterocycles. The number of hydrogen-bond donors (Lipinski definition) is 2. The third-order valence-corrected chi connectivity index (χ3v) is 5.00. The van der Waals surface area contributed by atoms with E-state index in [4.69, 9.17) is 0 Å². The fourth-order valence-corrected chi connectivity index (χ4v) is 3.47. The van der Waals surface area contributed by atoms with Crippen LogP contribution in [0.3, 0.4) is 0 Å². The van der Waals surface area contributed by atoms with Crippen LogP contribution in [0.5, 0.6) is 0 Å². The molecule has 0 aliphatic heterocycles. The van der Waals surface area contributed by atoms with E-state index in [-0.39, 0.29) is 4.90 Å². The third-order valence-electron chi connectivity index (χ3n) is 2.55. The van der Waals surface area contributed by atoms with Crippen molar-refractivity contribution in [3.05, 3.63) is 28.9 Å². The first-order valence-electron chi connectivity index (χ1n) is 5.53. The summed E-state index contributed by atoms with van der Waals surface area (Å²) in [4.78, 5) is 9.28. The maximum Gasteiger partial charge on any atom is 0.263 e. The number of aryl methyl sites for hydroxylation is 2. The van der Waals surface area contributed by atoms with Gasteiger partial charge in [-0.2, -0.15) is 0 Å². The quantitative estimate of drug-likeness (QED) is 0.902. The van der Waals surface area contributed by atoms with Gasteiger partial charge in [-0.15, -0.1) is 11.3 Å². The first-order valence-corrected chi connectivity index (χ1v) is 7.83. The minimum atomic E-state index is -3.63. The number of anilines is 2. The van der Waals surface area contributed by atoms with Crippen molar-refractivity contribution in [2.75, 3.05) is 17.1 Å². The van der Waals surface area contributed by atoms with Gasteiger partial charge in [0.05, 0.1) is 10.6 Å². The van der Waals surface area contributed by atoms with Crippen molar-refractivity contribution < 1.29 is 8.42 Å². The Labute approximate surface area is 116 Å². The molecule has 0 saturated carbocycles. The molecule has 0 aliphatic rings. The van der Waals surface area contributed by atoms with E-state index >= 15 is 0 Å². The van der Waals surface area contributed by atoms with Gasteiger partial charge in [0.15, 0.2) is 5.13 Å². The van der Waals surface area contributed by atoms with Gasteiger partial charge in [-0.3, -0.25) is 4.72 Å². The molecule has 102 valence electrons. The van der Waals surface area contributed by atoms with Crippen LogP contribution in [0.25, 0.3) is 0 Å². The number of aromatic nitrogens is 2. The second kappa shape index (κ2) is 5.14. The normalized spacial score (nSPS) is 11.3. The molecule has 2 N–H and O–H groups in total. The second-order valence-electron chi connectivity index (χ2n) is 3.89. The zero-order valence-electron chi connectivity index (χ0n) is 10.8. The van der Waals surface area contributed by atoms with Gasteiger partial charge in [-0.05, 0) is 19.9 Å². The van der Waals surface area contributed by atoms with Gasteiger partial charge < -0.3 is 5.32 Å². The summed E-state index contributed by atoms with van der Waals surface area (Å²) >= 11 is 1.31. The van der Waals surface area contributed by atoms with E-state index < -0.39 is 10.0 Å². The molecule has 19 heavy (non-hydrogen) atoms. The highest BCUT2D eigenvalue weighted by atomic mass is 32.2. The predicted molar refractivity (Wildman–Crippen MR) is 76.2 cm³/mol. The number of rotatable bonds is 4. The van der Waals surface area contributed by atoms with Crippen LogP contribution in [0.4, 0.5) is 10.9 Å². The zero-order chi connectivity index (χ0) is 14.0. The molecule has 2 aromatic rings. The van der Waals surface area contributed by atoms with Crippen LogP contribution in [0.1, 0.15) is 10.6 Å². The van der Waals surface area contributed by atoms with Crippen molar-refractivity contribution in [3.63, 3.8) is 0 Å². The Morgan fingerprint density at radius 1 is 1.32 bits per heavy atom. The van der Waals surface area contributed by atoms with Crippen molar-refractivity contribution in [1.82, 2.24) is 9.97 Å². The number of hydrogen-bond acceptors (Lipinski definition) is 6. The van der Waals surface area contributed by atoms with Crippen molar-refractivity contribution in [1.29, 1.82) is 0 Å². The molecular weight excluding hydrogens is 284 g/mol. The van der Waals surface area contributed by atoms with E-state index in [9.17, 15) is 8.42 Å². The molecular formula is C11H14N4O2S2. The lowest BCUT2D eigenvalue weighted by Crippen LogP contribution is -2.13. The minimum absolute atomic E-state index is 0.150. The molecule has 0 atom stereocenters. The number of nitrogens with one attached hydrogen (secondary N) is 2. The molecule has 0 fully saturated rings. The monoisotopic (exact) mass is 298 g/mol. The van der Waals surface area contributed by atoms with Crippen molar-refractivity contribution in [2.24, 2.45) is 0 Å². The van der Waals surface area contributed by atoms with Crippen molar-refractivity contribution in [2.45, 2.75) is 18.7 Å². The number of pyridine rings is 1. The predicted octanol–water partition coefficient (Wildman–Crippen LogP) is 2.00. The molecule has 0 saturated heterocycles. The van der Waals surface area contributed by atoms with Crippen LogP contribution in [-0.2, 0) is 10.0 Å². The summed E-state index contributed by atoms with van der Waals surface area (Å²) in [6.07, 6.45) is 1.44. The molecule has 2 aromatic heterocycles. The molecule has 0 aromatic carbocycles. The van der Waals surface area contributed by atoms with E-state index in [1.54, 1.807) is 7.05 Å². The molecule has 0 unspecified atom stereocenters. The highest BCUT2D eigenvalue weighted by molar-refractivity contribution is 7.93. The SMILES string of the molecule is CNc1cc(S(=O)(=O)Nc2nc(C)c(C)s2)ccn1. The lowest BCUT2D eigenvalue weighted by Gasteiger charge is -2.06. The lowest BCUT2D eigenvalue weighted by molar-refractivity contribution is 0.601. The summed E-state index contributed by atoms with van der Waals surface area (Å²) in [5.41, 5.74) is 0.827. The van der Waals surface area contributed by atoms with Gasteiger partial charge >= 0.3 is 0 Å². The van der Waals surface area contributed by atoms with Crippen LogP contribution in [0, 0.1) is 13.8 Å². The van der Waals surface area contributed by atoms with E-state index in [2.05, 4.69) is 20.0 Å². The standard InChI is InChI=1S/C11H14N4O2S2/c1-7-8(2)18-11(14-7)15-19(16,17)9-4-5-13-10(6-9)12-3/h4-6H,1-3H3,(H,12,13)(H,14,15). The molecule has 0 spiro atoms. The molecule has 8 heteroatoms. The molecule has 6 nitrogen and oxygen atoms in total. The molecule has 0 aliphatic carbocycles. The minimum Gasteiger partial charge on any atom is -0.373 e. The third kappa shape index (κ3) is 3.02. The van der Waals surface area contributed by atoms with Crippen LogP contribution < -0.4 is 10.0 Å². The van der Waals surface area contributed by atoms with Crippen molar-refractivity contribution >= 4 is 32.3 Å². The van der Waals surface area contributed by atoms with E-state index in [1.165, 1.54) is 29.7 Å². The summed E-state index contributed by atoms with van der Waals surface area (Å²) < 4.78 is 26.9. The Morgan fingerprint density at radius 2 is 2.05 bits per heavy atom. The highest BCUT2D eigenvalue weighted by Gasteiger charge is 2.17. The average molecular weight is 298 g/mol. The van der Waals surface area contributed by atoms with E-state index in [1.807, 2.05) is 13.8 Å². The Kier molecular flexibility index (Phi) is 3.72. The summed E-state index contributed by atoms with van der Waals surface area (Å²) in [5.74, 6) is 0.495. The first-order chi connectivity index (χ1) is 8.92. The topological polar surface area (TPSA) is 84.0 Å². The lowest BCUT2D eigenvalue weighted by atomic mass is 10.4. The molecule has 0 bridgehead atoms. The molecule has 2 rings (SSSR count). The Morgan fingerprint density at radius 3 is 2.63 bits per heavy atom. The van der Waals surface area contributed by atoms with Crippen LogP contribution in [0.2, 0.25) is 0 Å². The number of nitrogens with zero attached hydrogens (tertiary/aromatic N) is 2. The summed E-state index contributed by atoms with van der Waals surface area (Å²) in [5, 5.41) is 3.17. The fraction of sp³-hybridized carbons (Fsp3) is 0.273. The van der Waals surface area contributed by atoms with Gasteiger partial charge in [0.25, 0.3) is 10.0 Å². The van der Waals surface area contributed by atoms with E-state index in [0.717, 1.165) is 10.6 Å². The largest absolute Gasteiger partial charge is 0.373 e. The van der Waals surface area contributed by atoms with E-state index in [0.29, 0.717) is 10.9 Å². The first kappa shape index (κ1) is 13.8. The Balaban J connectivity index is 2.31. The molecule has 0 amide bonds. The number of thiazole rings is 1. The van der Waals surface area contributed by atoms with Crippen molar-refractivity contribution in [3.8, 4) is 0 Å². The summed E-state index contributed by atoms with van der Waals surface area (Å²) in [6.45, 7) is 3.74. The Bertz CT molecular complexity index is 675. The van der Waals surface area contributed by atoms with Gasteiger partial charge in [-0.25, -0.2) is 18.4 Å². The van der Waals surface area contributed by atoms with Crippen LogP contribution in [-0.4, -0.2) is 25.4 Å². The number of sulfonamides is 1. The highest BCUT2D eigenvalue weighted by Crippen LogP contribution is 2.24. The summed E-state index contributed by atoms with van der Waals surface area (Å²) in [6, 6.07) is 2.91. The second-order valence-corrected chi connectivity index (χ2v) is 6.78. The fourth-order valence-electron chi connectivity index (χ4n) is 1.41. The zero-order valence-corrected chi connectivity index (χ0v) is 12.4. The summed E-state index contributed by atoms with van der Waals surface area (Å²) in [7, 11) is -1.95. The van der Waals surface area contributed by atoms with Crippen LogP contribution in [0.15, 0.2) is 23.2 Å². The maximum absolute atomic E-state index is 12.2. The molecule has 0 radical (unpaired) electrons. The maximum atomic E-state index is 12.2. The Hall–Kier alpha value is -1.67. The van der Waals surface area contributed by atoms with Gasteiger partial charge in [-0.1, -0.05) is 0 Å². The average Bonchev–Trinajstić information content (AvgIpc) is 2.67. The van der Waals surface area contributed by atoms with Gasteiger partial charge in [0.2, 0.25) is 0 Å². The van der Waals surface area contributed by atoms with Gasteiger partial charge in [0.1, 0.15) is 5.82 Å².